The van der Waals surface area contributed by atoms with Gasteiger partial charge in [0.1, 0.15) is 0 Å². The Morgan fingerprint density at radius 2 is 2.05 bits per heavy atom. The highest BCUT2D eigenvalue weighted by Gasteiger charge is 2.44. The van der Waals surface area contributed by atoms with Gasteiger partial charge in [-0.2, -0.15) is 0 Å². The van der Waals surface area contributed by atoms with E-state index in [1.54, 1.807) is 7.11 Å². The maximum atomic E-state index is 5.33. The first-order chi connectivity index (χ1) is 9.47. The summed E-state index contributed by atoms with van der Waals surface area (Å²) in [4.78, 5) is 2.69. The minimum atomic E-state index is 0.401. The fraction of sp³-hybridized carbons (Fsp3) is 1.00. The molecule has 0 heterocycles. The van der Waals surface area contributed by atoms with Crippen molar-refractivity contribution in [2.45, 2.75) is 78.4 Å². The van der Waals surface area contributed by atoms with E-state index < -0.39 is 0 Å². The van der Waals surface area contributed by atoms with E-state index in [9.17, 15) is 0 Å². The molecule has 3 atom stereocenters. The molecule has 0 aromatic rings. The summed E-state index contributed by atoms with van der Waals surface area (Å²) in [5.41, 5.74) is 0.401. The van der Waals surface area contributed by atoms with Gasteiger partial charge in [0.25, 0.3) is 0 Å². The van der Waals surface area contributed by atoms with Crippen LogP contribution < -0.4 is 5.32 Å². The number of hydrogen-bond donors (Lipinski definition) is 1. The van der Waals surface area contributed by atoms with Crippen molar-refractivity contribution in [2.75, 3.05) is 26.8 Å². The molecule has 0 saturated heterocycles. The van der Waals surface area contributed by atoms with Crippen molar-refractivity contribution in [1.82, 2.24) is 10.2 Å². The average Bonchev–Trinajstić information content (AvgIpc) is 2.72. The Bertz CT molecular complexity index is 268. The second-order valence-corrected chi connectivity index (χ2v) is 7.01. The Morgan fingerprint density at radius 3 is 2.60 bits per heavy atom. The molecule has 0 bridgehead atoms. The van der Waals surface area contributed by atoms with E-state index in [4.69, 9.17) is 4.74 Å². The van der Waals surface area contributed by atoms with Crippen molar-refractivity contribution in [1.29, 1.82) is 0 Å². The van der Waals surface area contributed by atoms with Crippen LogP contribution in [0.2, 0.25) is 0 Å². The molecule has 0 amide bonds. The largest absolute Gasteiger partial charge is 0.383 e. The van der Waals surface area contributed by atoms with Gasteiger partial charge in [0.2, 0.25) is 0 Å². The van der Waals surface area contributed by atoms with Gasteiger partial charge in [0, 0.05) is 31.8 Å². The number of nitrogens with zero attached hydrogens (tertiary/aromatic N) is 1. The number of hydrogen-bond acceptors (Lipinski definition) is 3. The highest BCUT2D eigenvalue weighted by atomic mass is 16.5. The Morgan fingerprint density at radius 1 is 1.35 bits per heavy atom. The van der Waals surface area contributed by atoms with E-state index in [1.807, 2.05) is 0 Å². The molecule has 0 aromatic carbocycles. The quantitative estimate of drug-likeness (QED) is 0.703. The van der Waals surface area contributed by atoms with Crippen LogP contribution >= 0.6 is 0 Å². The maximum absolute atomic E-state index is 5.33. The minimum absolute atomic E-state index is 0.401. The highest BCUT2D eigenvalue weighted by molar-refractivity contribution is 5.01. The zero-order chi connectivity index (χ0) is 15.2. The van der Waals surface area contributed by atoms with Crippen LogP contribution in [0.25, 0.3) is 0 Å². The zero-order valence-corrected chi connectivity index (χ0v) is 14.5. The van der Waals surface area contributed by atoms with Gasteiger partial charge in [-0.1, -0.05) is 27.7 Å². The van der Waals surface area contributed by atoms with E-state index in [0.717, 1.165) is 19.7 Å². The molecule has 0 aromatic heterocycles. The van der Waals surface area contributed by atoms with Crippen LogP contribution in [0.5, 0.6) is 0 Å². The molecule has 1 aliphatic carbocycles. The third-order valence-corrected chi connectivity index (χ3v) is 5.06. The van der Waals surface area contributed by atoms with Gasteiger partial charge in [0.05, 0.1) is 6.61 Å². The fourth-order valence-corrected chi connectivity index (χ4v) is 3.58. The molecular weight excluding hydrogens is 248 g/mol. The Labute approximate surface area is 126 Å². The van der Waals surface area contributed by atoms with Gasteiger partial charge < -0.3 is 10.1 Å². The SMILES string of the molecule is CCCNC1C(N(CCOC)C(C)CC)CCC1(C)C. The predicted octanol–water partition coefficient (Wildman–Crippen LogP) is 3.29. The van der Waals surface area contributed by atoms with Crippen molar-refractivity contribution < 1.29 is 4.74 Å². The summed E-state index contributed by atoms with van der Waals surface area (Å²) in [5, 5.41) is 3.83. The van der Waals surface area contributed by atoms with Gasteiger partial charge in [-0.3, -0.25) is 4.90 Å². The molecule has 1 aliphatic rings. The van der Waals surface area contributed by atoms with Crippen LogP contribution in [0.4, 0.5) is 0 Å². The van der Waals surface area contributed by atoms with Crippen molar-refractivity contribution >= 4 is 0 Å². The molecule has 1 N–H and O–H groups in total. The first kappa shape index (κ1) is 17.9. The normalized spacial score (nSPS) is 27.1. The van der Waals surface area contributed by atoms with E-state index in [1.165, 1.54) is 25.7 Å². The van der Waals surface area contributed by atoms with Gasteiger partial charge in [0.15, 0.2) is 0 Å². The summed E-state index contributed by atoms with van der Waals surface area (Å²) in [6.45, 7) is 14.8. The molecule has 120 valence electrons. The van der Waals surface area contributed by atoms with Crippen LogP contribution in [-0.2, 0) is 4.74 Å². The summed E-state index contributed by atoms with van der Waals surface area (Å²) in [6, 6.07) is 1.89. The van der Waals surface area contributed by atoms with Crippen molar-refractivity contribution in [3.8, 4) is 0 Å². The molecular formula is C17H36N2O. The third-order valence-electron chi connectivity index (χ3n) is 5.06. The van der Waals surface area contributed by atoms with Crippen molar-refractivity contribution in [3.63, 3.8) is 0 Å². The second kappa shape index (κ2) is 8.35. The highest BCUT2D eigenvalue weighted by Crippen LogP contribution is 2.40. The first-order valence-electron chi connectivity index (χ1n) is 8.46. The molecule has 0 aliphatic heterocycles. The number of methoxy groups -OCH3 is 1. The molecule has 0 radical (unpaired) electrons. The molecule has 3 unspecified atom stereocenters. The van der Waals surface area contributed by atoms with Crippen LogP contribution in [0.15, 0.2) is 0 Å². The lowest BCUT2D eigenvalue weighted by atomic mass is 9.86. The number of ether oxygens (including phenoxy) is 1. The van der Waals surface area contributed by atoms with Crippen molar-refractivity contribution in [3.05, 3.63) is 0 Å². The standard InChI is InChI=1S/C17H36N2O/c1-7-11-18-16-15(9-10-17(16,4)5)19(12-13-20-6)14(3)8-2/h14-16,18H,7-13H2,1-6H3. The topological polar surface area (TPSA) is 24.5 Å². The van der Waals surface area contributed by atoms with E-state index in [0.29, 0.717) is 23.5 Å². The average molecular weight is 284 g/mol. The molecule has 1 saturated carbocycles. The van der Waals surface area contributed by atoms with Gasteiger partial charge in [-0.25, -0.2) is 0 Å². The molecule has 1 rings (SSSR count). The van der Waals surface area contributed by atoms with Gasteiger partial charge >= 0.3 is 0 Å². The smallest absolute Gasteiger partial charge is 0.0589 e. The fourth-order valence-electron chi connectivity index (χ4n) is 3.58. The predicted molar refractivity (Wildman–Crippen MR) is 87.2 cm³/mol. The minimum Gasteiger partial charge on any atom is -0.383 e. The van der Waals surface area contributed by atoms with Crippen LogP contribution in [0.3, 0.4) is 0 Å². The van der Waals surface area contributed by atoms with Crippen LogP contribution in [0, 0.1) is 5.41 Å². The van der Waals surface area contributed by atoms with Crippen molar-refractivity contribution in [2.24, 2.45) is 5.41 Å². The monoisotopic (exact) mass is 284 g/mol. The number of rotatable bonds is 9. The molecule has 3 heteroatoms. The van der Waals surface area contributed by atoms with Crippen LogP contribution in [0.1, 0.15) is 60.3 Å². The van der Waals surface area contributed by atoms with Gasteiger partial charge in [-0.15, -0.1) is 0 Å². The van der Waals surface area contributed by atoms with Gasteiger partial charge in [-0.05, 0) is 44.6 Å². The van der Waals surface area contributed by atoms with E-state index >= 15 is 0 Å². The molecule has 1 fully saturated rings. The third kappa shape index (κ3) is 4.44. The molecule has 3 nitrogen and oxygen atoms in total. The Hall–Kier alpha value is -0.120. The lowest BCUT2D eigenvalue weighted by Gasteiger charge is -2.40. The van der Waals surface area contributed by atoms with E-state index in [2.05, 4.69) is 44.8 Å². The van der Waals surface area contributed by atoms with Crippen LogP contribution in [-0.4, -0.2) is 49.8 Å². The summed E-state index contributed by atoms with van der Waals surface area (Å²) in [7, 11) is 1.81. The lowest BCUT2D eigenvalue weighted by molar-refractivity contribution is 0.0687. The molecule has 20 heavy (non-hydrogen) atoms. The Kier molecular flexibility index (Phi) is 7.49. The number of nitrogens with one attached hydrogen (secondary N) is 1. The second-order valence-electron chi connectivity index (χ2n) is 7.01. The zero-order valence-electron chi connectivity index (χ0n) is 14.5. The first-order valence-corrected chi connectivity index (χ1v) is 8.46. The summed E-state index contributed by atoms with van der Waals surface area (Å²) in [5.74, 6) is 0. The Balaban J connectivity index is 2.80. The molecule has 0 spiro atoms. The maximum Gasteiger partial charge on any atom is 0.0589 e. The summed E-state index contributed by atoms with van der Waals surface area (Å²) < 4.78 is 5.33. The lowest BCUT2D eigenvalue weighted by Crippen LogP contribution is -2.55. The summed E-state index contributed by atoms with van der Waals surface area (Å²) >= 11 is 0. The summed E-state index contributed by atoms with van der Waals surface area (Å²) in [6.07, 6.45) is 5.04. The van der Waals surface area contributed by atoms with E-state index in [-0.39, 0.29) is 0 Å².